The molecule has 1 aromatic heterocycles. The lowest BCUT2D eigenvalue weighted by Gasteiger charge is -2.24. The van der Waals surface area contributed by atoms with Gasteiger partial charge in [0.25, 0.3) is 11.7 Å². The second kappa shape index (κ2) is 9.79. The monoisotopic (exact) mass is 458 g/mol. The number of rotatable bonds is 7. The summed E-state index contributed by atoms with van der Waals surface area (Å²) in [7, 11) is 1.55. The van der Waals surface area contributed by atoms with Crippen molar-refractivity contribution in [2.45, 2.75) is 26.3 Å². The fourth-order valence-electron chi connectivity index (χ4n) is 3.99. The summed E-state index contributed by atoms with van der Waals surface area (Å²) in [5.74, 6) is -0.431. The molecule has 1 aliphatic rings. The van der Waals surface area contributed by atoms with Gasteiger partial charge >= 0.3 is 0 Å². The number of nitrogens with zero attached hydrogens (tertiary/aromatic N) is 2. The highest BCUT2D eigenvalue weighted by Crippen LogP contribution is 2.42. The number of amides is 1. The Morgan fingerprint density at radius 3 is 2.47 bits per heavy atom. The van der Waals surface area contributed by atoms with Gasteiger partial charge in [0.05, 0.1) is 25.0 Å². The molecule has 1 unspecified atom stereocenters. The van der Waals surface area contributed by atoms with E-state index < -0.39 is 17.7 Å². The molecule has 2 aromatic carbocycles. The van der Waals surface area contributed by atoms with Gasteiger partial charge in [-0.05, 0) is 73.5 Å². The summed E-state index contributed by atoms with van der Waals surface area (Å²) in [4.78, 5) is 32.2. The number of ketones is 1. The zero-order chi connectivity index (χ0) is 24.2. The number of aliphatic hydroxyl groups is 1. The van der Waals surface area contributed by atoms with Crippen LogP contribution in [0.1, 0.15) is 36.2 Å². The summed E-state index contributed by atoms with van der Waals surface area (Å²) in [6.07, 6.45) is 2.47. The summed E-state index contributed by atoms with van der Waals surface area (Å²) in [6, 6.07) is 16.4. The Labute approximate surface area is 198 Å². The number of hydrogen-bond acceptors (Lipinski definition) is 6. The molecular formula is C27H26N2O5. The van der Waals surface area contributed by atoms with E-state index in [0.29, 0.717) is 35.1 Å². The minimum atomic E-state index is -0.883. The molecule has 174 valence electrons. The third kappa shape index (κ3) is 4.24. The maximum absolute atomic E-state index is 13.2. The number of aryl methyl sites for hydroxylation is 1. The van der Waals surface area contributed by atoms with Crippen molar-refractivity contribution in [3.63, 3.8) is 0 Å². The highest BCUT2D eigenvalue weighted by Gasteiger charge is 2.47. The van der Waals surface area contributed by atoms with Crippen LogP contribution in [0.25, 0.3) is 5.76 Å². The molecule has 0 bridgehead atoms. The molecule has 0 saturated carbocycles. The van der Waals surface area contributed by atoms with E-state index >= 15 is 0 Å². The quantitative estimate of drug-likeness (QED) is 0.310. The first-order valence-corrected chi connectivity index (χ1v) is 11.1. The number of hydrogen-bond donors (Lipinski definition) is 1. The third-order valence-electron chi connectivity index (χ3n) is 5.67. The summed E-state index contributed by atoms with van der Waals surface area (Å²) < 4.78 is 10.9. The molecular weight excluding hydrogens is 432 g/mol. The maximum Gasteiger partial charge on any atom is 0.300 e. The number of ether oxygens (including phenoxy) is 2. The molecule has 7 nitrogen and oxygen atoms in total. The van der Waals surface area contributed by atoms with Gasteiger partial charge in [-0.25, -0.2) is 0 Å². The first-order chi connectivity index (χ1) is 16.5. The van der Waals surface area contributed by atoms with Gasteiger partial charge in [-0.15, -0.1) is 0 Å². The Hall–Kier alpha value is -4.13. The second-order valence-corrected chi connectivity index (χ2v) is 7.95. The van der Waals surface area contributed by atoms with Crippen LogP contribution in [0.5, 0.6) is 11.5 Å². The van der Waals surface area contributed by atoms with E-state index in [1.807, 2.05) is 13.8 Å². The summed E-state index contributed by atoms with van der Waals surface area (Å²) in [5.41, 5.74) is 2.20. The fourth-order valence-corrected chi connectivity index (χ4v) is 3.99. The Balaban J connectivity index is 1.84. The standard InChI is InChI=1S/C27H26N2O5/c1-4-15-34-22-13-8-18(16-17(22)2)25(30)23-24(21-7-5-6-14-28-21)29(27(32)26(23)31)19-9-11-20(33-3)12-10-19/h5-14,16,24,30H,4,15H2,1-3H3/b25-23-. The lowest BCUT2D eigenvalue weighted by Crippen LogP contribution is -2.29. The minimum absolute atomic E-state index is 0.0128. The van der Waals surface area contributed by atoms with Crippen LogP contribution in [0.3, 0.4) is 0 Å². The van der Waals surface area contributed by atoms with Gasteiger partial charge in [-0.2, -0.15) is 0 Å². The molecule has 2 heterocycles. The van der Waals surface area contributed by atoms with Crippen molar-refractivity contribution in [1.82, 2.24) is 4.98 Å². The number of carbonyl (C=O) groups excluding carboxylic acids is 2. The average molecular weight is 459 g/mol. The SMILES string of the molecule is CCCOc1ccc(/C(O)=C2/C(=O)C(=O)N(c3ccc(OC)cc3)C2c2ccccn2)cc1C. The fraction of sp³-hybridized carbons (Fsp3) is 0.222. The zero-order valence-electron chi connectivity index (χ0n) is 19.3. The Morgan fingerprint density at radius 2 is 1.85 bits per heavy atom. The van der Waals surface area contributed by atoms with Gasteiger partial charge in [-0.1, -0.05) is 13.0 Å². The van der Waals surface area contributed by atoms with E-state index in [1.54, 1.807) is 74.0 Å². The van der Waals surface area contributed by atoms with E-state index in [2.05, 4.69) is 4.98 Å². The number of aromatic nitrogens is 1. The van der Waals surface area contributed by atoms with Crippen molar-refractivity contribution in [2.24, 2.45) is 0 Å². The molecule has 1 saturated heterocycles. The van der Waals surface area contributed by atoms with E-state index in [1.165, 1.54) is 4.90 Å². The van der Waals surface area contributed by atoms with Gasteiger partial charge in [0.2, 0.25) is 0 Å². The molecule has 4 rings (SSSR count). The molecule has 0 spiro atoms. The number of methoxy groups -OCH3 is 1. The van der Waals surface area contributed by atoms with Gasteiger partial charge in [-0.3, -0.25) is 19.5 Å². The Morgan fingerprint density at radius 1 is 1.09 bits per heavy atom. The number of anilines is 1. The number of carbonyl (C=O) groups is 2. The Bertz CT molecular complexity index is 1240. The molecule has 1 aliphatic heterocycles. The van der Waals surface area contributed by atoms with E-state index in [9.17, 15) is 14.7 Å². The number of Topliss-reactive ketones (excluding diaryl/α,β-unsaturated/α-hetero) is 1. The highest BCUT2D eigenvalue weighted by molar-refractivity contribution is 6.51. The second-order valence-electron chi connectivity index (χ2n) is 7.95. The van der Waals surface area contributed by atoms with Crippen LogP contribution >= 0.6 is 0 Å². The van der Waals surface area contributed by atoms with Crippen molar-refractivity contribution in [1.29, 1.82) is 0 Å². The lowest BCUT2D eigenvalue weighted by atomic mass is 9.97. The first-order valence-electron chi connectivity index (χ1n) is 11.1. The van der Waals surface area contributed by atoms with E-state index in [0.717, 1.165) is 12.0 Å². The van der Waals surface area contributed by atoms with Crippen LogP contribution < -0.4 is 14.4 Å². The van der Waals surface area contributed by atoms with Gasteiger partial charge in [0.1, 0.15) is 23.3 Å². The molecule has 0 radical (unpaired) electrons. The van der Waals surface area contributed by atoms with Crippen LogP contribution in [0.2, 0.25) is 0 Å². The molecule has 0 aliphatic carbocycles. The summed E-state index contributed by atoms with van der Waals surface area (Å²) in [5, 5.41) is 11.3. The van der Waals surface area contributed by atoms with Crippen molar-refractivity contribution < 1.29 is 24.2 Å². The smallest absolute Gasteiger partial charge is 0.300 e. The van der Waals surface area contributed by atoms with Crippen LogP contribution in [-0.4, -0.2) is 35.5 Å². The van der Waals surface area contributed by atoms with Crippen molar-refractivity contribution in [3.05, 3.63) is 89.3 Å². The number of benzene rings is 2. The van der Waals surface area contributed by atoms with Crippen molar-refractivity contribution >= 4 is 23.1 Å². The van der Waals surface area contributed by atoms with Gasteiger partial charge in [0.15, 0.2) is 0 Å². The van der Waals surface area contributed by atoms with Gasteiger partial charge in [0, 0.05) is 17.4 Å². The van der Waals surface area contributed by atoms with Crippen LogP contribution in [-0.2, 0) is 9.59 Å². The molecule has 1 amide bonds. The van der Waals surface area contributed by atoms with Crippen molar-refractivity contribution in [2.75, 3.05) is 18.6 Å². The maximum atomic E-state index is 13.2. The predicted molar refractivity (Wildman–Crippen MR) is 129 cm³/mol. The van der Waals surface area contributed by atoms with Crippen LogP contribution in [0.4, 0.5) is 5.69 Å². The molecule has 7 heteroatoms. The van der Waals surface area contributed by atoms with Crippen LogP contribution in [0, 0.1) is 6.92 Å². The van der Waals surface area contributed by atoms with E-state index in [-0.39, 0.29) is 11.3 Å². The zero-order valence-corrected chi connectivity index (χ0v) is 19.3. The molecule has 3 aromatic rings. The van der Waals surface area contributed by atoms with Crippen molar-refractivity contribution in [3.8, 4) is 11.5 Å². The van der Waals surface area contributed by atoms with E-state index in [4.69, 9.17) is 9.47 Å². The third-order valence-corrected chi connectivity index (χ3v) is 5.67. The summed E-state index contributed by atoms with van der Waals surface area (Å²) >= 11 is 0. The molecule has 34 heavy (non-hydrogen) atoms. The summed E-state index contributed by atoms with van der Waals surface area (Å²) in [6.45, 7) is 4.47. The molecule has 1 atom stereocenters. The Kier molecular flexibility index (Phi) is 6.63. The largest absolute Gasteiger partial charge is 0.507 e. The molecule has 1 N–H and O–H groups in total. The number of pyridine rings is 1. The number of aliphatic hydroxyl groups excluding tert-OH is 1. The van der Waals surface area contributed by atoms with Gasteiger partial charge < -0.3 is 14.6 Å². The van der Waals surface area contributed by atoms with Crippen LogP contribution in [0.15, 0.2) is 72.4 Å². The average Bonchev–Trinajstić information content (AvgIpc) is 3.13. The minimum Gasteiger partial charge on any atom is -0.507 e. The molecule has 1 fully saturated rings. The highest BCUT2D eigenvalue weighted by atomic mass is 16.5. The predicted octanol–water partition coefficient (Wildman–Crippen LogP) is 4.81. The topological polar surface area (TPSA) is 89.0 Å². The first kappa shape index (κ1) is 23.0. The normalized spacial score (nSPS) is 17.1. The lowest BCUT2D eigenvalue weighted by molar-refractivity contribution is -0.132.